The maximum absolute atomic E-state index is 13.1. The van der Waals surface area contributed by atoms with Crippen molar-refractivity contribution < 1.29 is 21.9 Å². The van der Waals surface area contributed by atoms with E-state index in [2.05, 4.69) is 15.6 Å². The first-order valence-electron chi connectivity index (χ1n) is 10.1. The second-order valence-corrected chi connectivity index (χ2v) is 7.77. The minimum absolute atomic E-state index is 0. The van der Waals surface area contributed by atoms with E-state index in [1.54, 1.807) is 6.07 Å². The van der Waals surface area contributed by atoms with Crippen molar-refractivity contribution in [2.75, 3.05) is 17.4 Å². The van der Waals surface area contributed by atoms with Crippen molar-refractivity contribution in [3.8, 4) is 22.8 Å². The van der Waals surface area contributed by atoms with Crippen LogP contribution in [0.15, 0.2) is 60.7 Å². The number of ether oxygens (including phenoxy) is 2. The molecule has 0 bridgehead atoms. The molecule has 0 spiro atoms. The second kappa shape index (κ2) is 7.43. The number of anilines is 2. The summed E-state index contributed by atoms with van der Waals surface area (Å²) < 4.78 is 10.8. The quantitative estimate of drug-likeness (QED) is 0.631. The number of amides is 2. The third-order valence-corrected chi connectivity index (χ3v) is 5.58. The van der Waals surface area contributed by atoms with Crippen molar-refractivity contribution in [3.05, 3.63) is 66.2 Å². The molecular weight excluding hydrogens is 394 g/mol. The average Bonchev–Trinajstić information content (AvgIpc) is 3.45. The summed E-state index contributed by atoms with van der Waals surface area (Å²) in [5.74, 6) is 1.65. The van der Waals surface area contributed by atoms with Crippen LogP contribution in [0.4, 0.5) is 11.5 Å². The van der Waals surface area contributed by atoms with Crippen molar-refractivity contribution in [3.63, 3.8) is 0 Å². The first-order valence-corrected chi connectivity index (χ1v) is 10.1. The van der Waals surface area contributed by atoms with E-state index >= 15 is 0 Å². The molecule has 160 valence electrons. The third kappa shape index (κ3) is 3.70. The molecule has 0 radical (unpaired) electrons. The van der Waals surface area contributed by atoms with E-state index in [0.717, 1.165) is 24.0 Å². The van der Waals surface area contributed by atoms with Gasteiger partial charge in [0.1, 0.15) is 5.82 Å². The predicted octanol–water partition coefficient (Wildman–Crippen LogP) is 4.60. The fraction of sp³-hybridized carbons (Fsp3) is 0.208. The van der Waals surface area contributed by atoms with Crippen LogP contribution in [-0.2, 0) is 15.0 Å². The second-order valence-electron chi connectivity index (χ2n) is 7.77. The zero-order valence-corrected chi connectivity index (χ0v) is 17.0. The number of aromatic nitrogens is 1. The molecule has 2 aromatic carbocycles. The number of hydrogen-bond donors (Lipinski definition) is 2. The molecule has 7 heteroatoms. The number of fused-ring (bicyclic) bond motifs is 1. The topological polar surface area (TPSA) is 89.6 Å². The molecular formula is C24H25N3O4. The van der Waals surface area contributed by atoms with Crippen LogP contribution in [0, 0.1) is 0 Å². The van der Waals surface area contributed by atoms with Crippen LogP contribution >= 0.6 is 0 Å². The average molecular weight is 419 g/mol. The van der Waals surface area contributed by atoms with Gasteiger partial charge < -0.3 is 20.1 Å². The third-order valence-electron chi connectivity index (χ3n) is 5.58. The number of pyridine rings is 1. The molecule has 3 aromatic rings. The standard InChI is InChI=1S/C24H21N3O4.2H2/c1-15(28)25-18-5-2-4-16(12-18)19-6-3-7-22(26-19)27-23(29)24(10-11-24)17-8-9-20-21(13-17)31-14-30-20;;/h2-9,12-13H,10-11,14H2,1H3,(H,25,28)(H,26,27,29);2*1H. The Bertz CT molecular complexity index is 1200. The van der Waals surface area contributed by atoms with Crippen molar-refractivity contribution in [1.82, 2.24) is 4.98 Å². The molecule has 2 amide bonds. The smallest absolute Gasteiger partial charge is 0.236 e. The van der Waals surface area contributed by atoms with E-state index in [1.165, 1.54) is 6.92 Å². The summed E-state index contributed by atoms with van der Waals surface area (Å²) in [7, 11) is 0. The van der Waals surface area contributed by atoms with Gasteiger partial charge in [-0.15, -0.1) is 0 Å². The lowest BCUT2D eigenvalue weighted by Crippen LogP contribution is -2.28. The zero-order chi connectivity index (χ0) is 21.4. The van der Waals surface area contributed by atoms with Gasteiger partial charge in [-0.1, -0.05) is 24.3 Å². The lowest BCUT2D eigenvalue weighted by Gasteiger charge is -2.16. The minimum atomic E-state index is -0.565. The van der Waals surface area contributed by atoms with Crippen LogP contribution in [0.25, 0.3) is 11.3 Å². The van der Waals surface area contributed by atoms with Crippen LogP contribution in [0.1, 0.15) is 28.2 Å². The van der Waals surface area contributed by atoms with Gasteiger partial charge in [-0.05, 0) is 54.8 Å². The first-order chi connectivity index (χ1) is 15.0. The Morgan fingerprint density at radius 2 is 1.77 bits per heavy atom. The Labute approximate surface area is 182 Å². The van der Waals surface area contributed by atoms with E-state index in [1.807, 2.05) is 54.6 Å². The fourth-order valence-corrected chi connectivity index (χ4v) is 3.83. The number of benzene rings is 2. The molecule has 1 aliphatic carbocycles. The highest BCUT2D eigenvalue weighted by atomic mass is 16.7. The predicted molar refractivity (Wildman–Crippen MR) is 120 cm³/mol. The van der Waals surface area contributed by atoms with Crippen molar-refractivity contribution >= 4 is 23.3 Å². The molecule has 2 heterocycles. The van der Waals surface area contributed by atoms with E-state index < -0.39 is 5.41 Å². The van der Waals surface area contributed by atoms with Crippen LogP contribution in [0.2, 0.25) is 0 Å². The van der Waals surface area contributed by atoms with E-state index in [4.69, 9.17) is 9.47 Å². The van der Waals surface area contributed by atoms with Gasteiger partial charge in [-0.25, -0.2) is 4.98 Å². The molecule has 0 unspecified atom stereocenters. The van der Waals surface area contributed by atoms with Crippen LogP contribution < -0.4 is 20.1 Å². The van der Waals surface area contributed by atoms with E-state index in [-0.39, 0.29) is 21.5 Å². The Hall–Kier alpha value is -3.87. The molecule has 0 atom stereocenters. The monoisotopic (exact) mass is 419 g/mol. The number of rotatable bonds is 5. The van der Waals surface area contributed by atoms with E-state index in [9.17, 15) is 9.59 Å². The highest BCUT2D eigenvalue weighted by Crippen LogP contribution is 2.51. The van der Waals surface area contributed by atoms with Gasteiger partial charge in [0.15, 0.2) is 11.5 Å². The zero-order valence-electron chi connectivity index (χ0n) is 17.0. The number of carbonyl (C=O) groups is 2. The van der Waals surface area contributed by atoms with Crippen molar-refractivity contribution in [1.29, 1.82) is 0 Å². The molecule has 1 aromatic heterocycles. The van der Waals surface area contributed by atoms with Gasteiger partial charge in [-0.2, -0.15) is 0 Å². The summed E-state index contributed by atoms with van der Waals surface area (Å²) in [6.07, 6.45) is 1.55. The van der Waals surface area contributed by atoms with Gasteiger partial charge in [-0.3, -0.25) is 9.59 Å². The number of hydrogen-bond acceptors (Lipinski definition) is 5. The molecule has 5 rings (SSSR count). The molecule has 2 N–H and O–H groups in total. The lowest BCUT2D eigenvalue weighted by atomic mass is 9.94. The maximum atomic E-state index is 13.1. The fourth-order valence-electron chi connectivity index (χ4n) is 3.83. The maximum Gasteiger partial charge on any atom is 0.236 e. The summed E-state index contributed by atoms with van der Waals surface area (Å²) in [5, 5.41) is 5.75. The molecule has 7 nitrogen and oxygen atoms in total. The Balaban J connectivity index is 0.00000153. The number of carbonyl (C=O) groups excluding carboxylic acids is 2. The summed E-state index contributed by atoms with van der Waals surface area (Å²) in [6.45, 7) is 1.67. The molecule has 31 heavy (non-hydrogen) atoms. The molecule has 0 saturated heterocycles. The van der Waals surface area contributed by atoms with Crippen LogP contribution in [-0.4, -0.2) is 23.6 Å². The Morgan fingerprint density at radius 3 is 2.58 bits per heavy atom. The van der Waals surface area contributed by atoms with E-state index in [0.29, 0.717) is 28.7 Å². The van der Waals surface area contributed by atoms with Gasteiger partial charge in [0.25, 0.3) is 0 Å². The first kappa shape index (κ1) is 19.1. The number of nitrogens with zero attached hydrogens (tertiary/aromatic N) is 1. The lowest BCUT2D eigenvalue weighted by molar-refractivity contribution is -0.118. The van der Waals surface area contributed by atoms with Gasteiger partial charge >= 0.3 is 0 Å². The SMILES string of the molecule is CC(=O)Nc1cccc(-c2cccc(NC(=O)C3(c4ccc5c(c4)OCO5)CC3)n2)c1.[HH].[HH]. The molecule has 1 aliphatic heterocycles. The largest absolute Gasteiger partial charge is 0.454 e. The highest BCUT2D eigenvalue weighted by molar-refractivity contribution is 6.01. The Kier molecular flexibility index (Phi) is 4.58. The van der Waals surface area contributed by atoms with Crippen LogP contribution in [0.3, 0.4) is 0 Å². The van der Waals surface area contributed by atoms with Gasteiger partial charge in [0.2, 0.25) is 18.6 Å². The summed E-state index contributed by atoms with van der Waals surface area (Å²) in [4.78, 5) is 29.1. The highest BCUT2D eigenvalue weighted by Gasteiger charge is 2.51. The van der Waals surface area contributed by atoms with Crippen molar-refractivity contribution in [2.45, 2.75) is 25.2 Å². The summed E-state index contributed by atoms with van der Waals surface area (Å²) >= 11 is 0. The summed E-state index contributed by atoms with van der Waals surface area (Å²) in [5.41, 5.74) is 2.61. The number of nitrogens with one attached hydrogen (secondary N) is 2. The summed E-state index contributed by atoms with van der Waals surface area (Å²) in [6, 6.07) is 18.6. The normalized spacial score (nSPS) is 15.3. The molecule has 1 fully saturated rings. The Morgan fingerprint density at radius 1 is 0.968 bits per heavy atom. The molecule has 1 saturated carbocycles. The van der Waals surface area contributed by atoms with Crippen molar-refractivity contribution in [2.24, 2.45) is 0 Å². The van der Waals surface area contributed by atoms with Crippen LogP contribution in [0.5, 0.6) is 11.5 Å². The van der Waals surface area contributed by atoms with Gasteiger partial charge in [0.05, 0.1) is 11.1 Å². The minimum Gasteiger partial charge on any atom is -0.454 e. The molecule has 2 aliphatic rings. The van der Waals surface area contributed by atoms with Gasteiger partial charge in [0, 0.05) is 21.0 Å².